The molecule has 0 aromatic rings. The van der Waals surface area contributed by atoms with Gasteiger partial charge < -0.3 is 56.8 Å². The summed E-state index contributed by atoms with van der Waals surface area (Å²) in [6.45, 7) is -0.843. The Bertz CT molecular complexity index is 527. The van der Waals surface area contributed by atoms with Crippen molar-refractivity contribution in [2.45, 2.75) is 42.9 Å². The Hall–Kier alpha value is 4.48. The number of hydrogen-bond donors (Lipinski definition) is 10. The van der Waals surface area contributed by atoms with Crippen molar-refractivity contribution in [2.75, 3.05) is 6.61 Å². The molecular weight excluding hydrogens is 560 g/mol. The molecular formula is C12H25ClK4O14. The third-order valence-corrected chi connectivity index (χ3v) is 2.79. The molecule has 0 rings (SSSR count). The average Bonchev–Trinajstić information content (AvgIpc) is 2.50. The smallest absolute Gasteiger partial charge is 1.00 e. The Morgan fingerprint density at radius 1 is 0.742 bits per heavy atom. The van der Waals surface area contributed by atoms with E-state index in [2.05, 4.69) is 0 Å². The van der Waals surface area contributed by atoms with Gasteiger partial charge in [-0.05, 0) is 0 Å². The van der Waals surface area contributed by atoms with Crippen molar-refractivity contribution in [3.8, 4) is 0 Å². The van der Waals surface area contributed by atoms with E-state index in [-0.39, 0.29) is 224 Å². The number of aliphatic hydroxyl groups is 6. The van der Waals surface area contributed by atoms with Crippen LogP contribution in [0.4, 0.5) is 0 Å². The van der Waals surface area contributed by atoms with Crippen LogP contribution in [0.3, 0.4) is 0 Å². The second-order valence-electron chi connectivity index (χ2n) is 4.99. The third kappa shape index (κ3) is 24.6. The van der Waals surface area contributed by atoms with Crippen molar-refractivity contribution in [2.24, 2.45) is 0 Å². The van der Waals surface area contributed by atoms with E-state index in [0.717, 1.165) is 0 Å². The van der Waals surface area contributed by atoms with Crippen molar-refractivity contribution in [3.05, 3.63) is 0 Å². The summed E-state index contributed by atoms with van der Waals surface area (Å²) in [5.41, 5.74) is -2.74. The Morgan fingerprint density at radius 2 is 1.06 bits per heavy atom. The van der Waals surface area contributed by atoms with E-state index in [9.17, 15) is 19.2 Å². The number of aliphatic hydroxyl groups excluding tert-OH is 5. The van der Waals surface area contributed by atoms with Crippen molar-refractivity contribution >= 4 is 36.3 Å². The molecule has 0 saturated carbocycles. The summed E-state index contributed by atoms with van der Waals surface area (Å²) in [5.74, 6) is -6.74. The molecule has 0 aliphatic carbocycles. The van der Waals surface area contributed by atoms with E-state index in [1.54, 1.807) is 0 Å². The molecule has 14 nitrogen and oxygen atoms in total. The third-order valence-electron chi connectivity index (χ3n) is 2.79. The van der Waals surface area contributed by atoms with Crippen LogP contribution in [-0.2, 0) is 19.2 Å². The standard InChI is InChI=1S/C6H8O7.C6H12O7.ClH.4K.4H/c7-3(8)1-6(13,5(11)12)2-4(9)10;7-1-2(8)3(9)4(10)5(11)6(12)13;;;;;;;;;/h13H,1-2H2,(H,7,8)(H,9,10)(H,11,12);2-5,7-11H,1H2,(H,12,13);1H;;;;;;;;/q;;;4*+1;4*-1/t;2-,3-,4+,5-;;;;;;;;;/m.1........./s1. The SMILES string of the molecule is Cl.O=C(O)CC(O)(CC(=O)O)C(=O)O.O=C(O)[C@H](O)[C@@H](O)[C@H](O)[C@H](O)CO.[H-].[H-].[H-].[H-].[K+].[K+].[K+].[K+]. The van der Waals surface area contributed by atoms with Crippen LogP contribution < -0.4 is 206 Å². The average molecular weight is 585 g/mol. The molecule has 0 aliphatic heterocycles. The van der Waals surface area contributed by atoms with Gasteiger partial charge in [0.05, 0.1) is 19.4 Å². The largest absolute Gasteiger partial charge is 1.00 e. The zero-order valence-electron chi connectivity index (χ0n) is 21.4. The fraction of sp³-hybridized carbons (Fsp3) is 0.667. The van der Waals surface area contributed by atoms with Gasteiger partial charge in [-0.25, -0.2) is 9.59 Å². The first-order chi connectivity index (χ1) is 11.7. The van der Waals surface area contributed by atoms with E-state index in [4.69, 9.17) is 51.1 Å². The van der Waals surface area contributed by atoms with Crippen LogP contribution >= 0.6 is 12.4 Å². The molecule has 0 saturated heterocycles. The molecule has 0 fully saturated rings. The van der Waals surface area contributed by atoms with E-state index in [1.807, 2.05) is 0 Å². The number of rotatable bonds is 10. The summed E-state index contributed by atoms with van der Waals surface area (Å²) in [6, 6.07) is 0. The van der Waals surface area contributed by atoms with Gasteiger partial charge in [-0.2, -0.15) is 0 Å². The maximum atomic E-state index is 10.3. The molecule has 0 spiro atoms. The number of halogens is 1. The van der Waals surface area contributed by atoms with Crippen LogP contribution in [0.1, 0.15) is 18.5 Å². The Kier molecular flexibility index (Phi) is 46.1. The van der Waals surface area contributed by atoms with Crippen molar-refractivity contribution in [1.29, 1.82) is 0 Å². The zero-order valence-corrected chi connectivity index (χ0v) is 30.8. The predicted octanol–water partition coefficient (Wildman–Crippen LogP) is -15.9. The van der Waals surface area contributed by atoms with Gasteiger partial charge in [0.2, 0.25) is 0 Å². The van der Waals surface area contributed by atoms with E-state index < -0.39 is 73.3 Å². The van der Waals surface area contributed by atoms with Crippen LogP contribution in [-0.4, -0.2) is 112 Å². The van der Waals surface area contributed by atoms with Gasteiger partial charge in [-0.1, -0.05) is 0 Å². The summed E-state index contributed by atoms with van der Waals surface area (Å²) in [5, 5.41) is 85.6. The molecule has 0 aliphatic rings. The molecule has 19 heteroatoms. The minimum absolute atomic E-state index is 0. The predicted molar refractivity (Wildman–Crippen MR) is 87.5 cm³/mol. The molecule has 4 atom stereocenters. The van der Waals surface area contributed by atoms with Crippen LogP contribution in [0.2, 0.25) is 0 Å². The van der Waals surface area contributed by atoms with E-state index in [0.29, 0.717) is 0 Å². The second kappa shape index (κ2) is 27.5. The van der Waals surface area contributed by atoms with Gasteiger partial charge in [-0.15, -0.1) is 12.4 Å². The van der Waals surface area contributed by atoms with E-state index >= 15 is 0 Å². The second-order valence-corrected chi connectivity index (χ2v) is 4.99. The van der Waals surface area contributed by atoms with Gasteiger partial charge in [0.1, 0.15) is 18.3 Å². The van der Waals surface area contributed by atoms with Crippen LogP contribution in [0, 0.1) is 0 Å². The van der Waals surface area contributed by atoms with Crippen molar-refractivity contribution in [3.63, 3.8) is 0 Å². The Labute approximate surface area is 358 Å². The number of carbonyl (C=O) groups is 4. The Balaban J connectivity index is -0.0000000291. The summed E-state index contributed by atoms with van der Waals surface area (Å²) in [7, 11) is 0. The van der Waals surface area contributed by atoms with Crippen LogP contribution in [0.5, 0.6) is 0 Å². The number of carboxylic acids is 4. The first kappa shape index (κ1) is 52.0. The molecule has 31 heavy (non-hydrogen) atoms. The van der Waals surface area contributed by atoms with Crippen molar-refractivity contribution < 1.29 is 281 Å². The maximum absolute atomic E-state index is 10.3. The number of carboxylic acid groups (broad SMARTS) is 4. The molecule has 0 radical (unpaired) electrons. The summed E-state index contributed by atoms with van der Waals surface area (Å²) in [4.78, 5) is 40.6. The molecule has 0 aromatic carbocycles. The quantitative estimate of drug-likeness (QED) is 0.107. The van der Waals surface area contributed by atoms with Gasteiger partial charge in [0.25, 0.3) is 0 Å². The Morgan fingerprint density at radius 3 is 1.26 bits per heavy atom. The van der Waals surface area contributed by atoms with Crippen molar-refractivity contribution in [1.82, 2.24) is 0 Å². The zero-order chi connectivity index (χ0) is 21.2. The van der Waals surface area contributed by atoms with Gasteiger partial charge in [0, 0.05) is 0 Å². The molecule has 0 amide bonds. The maximum Gasteiger partial charge on any atom is 1.00 e. The first-order valence-electron chi connectivity index (χ1n) is 6.64. The topological polar surface area (TPSA) is 271 Å². The molecule has 0 aromatic heterocycles. The fourth-order valence-corrected chi connectivity index (χ4v) is 1.38. The minimum Gasteiger partial charge on any atom is -1.00 e. The van der Waals surface area contributed by atoms with Gasteiger partial charge in [0.15, 0.2) is 11.7 Å². The van der Waals surface area contributed by atoms with Gasteiger partial charge in [-0.3, -0.25) is 9.59 Å². The fourth-order valence-electron chi connectivity index (χ4n) is 1.38. The van der Waals surface area contributed by atoms with Crippen LogP contribution in [0.15, 0.2) is 0 Å². The molecule has 0 heterocycles. The number of aliphatic carboxylic acids is 4. The van der Waals surface area contributed by atoms with Gasteiger partial charge >= 0.3 is 229 Å². The summed E-state index contributed by atoms with van der Waals surface area (Å²) in [6.07, 6.45) is -10.1. The monoisotopic (exact) mass is 584 g/mol. The summed E-state index contributed by atoms with van der Waals surface area (Å²) >= 11 is 0. The minimum atomic E-state index is -2.74. The number of hydrogen-bond acceptors (Lipinski definition) is 10. The first-order valence-corrected chi connectivity index (χ1v) is 6.64. The van der Waals surface area contributed by atoms with E-state index in [1.165, 1.54) is 0 Å². The molecule has 10 N–H and O–H groups in total. The molecule has 168 valence electrons. The van der Waals surface area contributed by atoms with Crippen LogP contribution in [0.25, 0.3) is 0 Å². The summed E-state index contributed by atoms with van der Waals surface area (Å²) < 4.78 is 0. The molecule has 0 unspecified atom stereocenters. The molecule has 0 bridgehead atoms. The normalized spacial score (nSPS) is 13.1.